The Hall–Kier alpha value is -2.06. The van der Waals surface area contributed by atoms with Crippen LogP contribution in [-0.2, 0) is 6.18 Å². The van der Waals surface area contributed by atoms with Gasteiger partial charge in [0.2, 0.25) is 5.95 Å². The minimum absolute atomic E-state index is 0.0647. The Morgan fingerprint density at radius 2 is 2.00 bits per heavy atom. The molecule has 0 amide bonds. The van der Waals surface area contributed by atoms with Gasteiger partial charge < -0.3 is 5.32 Å². The van der Waals surface area contributed by atoms with Crippen LogP contribution in [0.25, 0.3) is 0 Å². The molecule has 5 nitrogen and oxygen atoms in total. The molecule has 2 rings (SSSR count). The second kappa shape index (κ2) is 5.74. The maximum absolute atomic E-state index is 12.6. The molecule has 0 spiro atoms. The number of hydrazine groups is 1. The van der Waals surface area contributed by atoms with E-state index in [1.165, 1.54) is 12.3 Å². The zero-order valence-corrected chi connectivity index (χ0v) is 11.5. The molecule has 0 saturated carbocycles. The summed E-state index contributed by atoms with van der Waals surface area (Å²) in [5.74, 6) is 5.77. The van der Waals surface area contributed by atoms with Crippen molar-refractivity contribution in [1.29, 1.82) is 0 Å². The lowest BCUT2D eigenvalue weighted by molar-refractivity contribution is -0.137. The SMILES string of the molecule is Cc1cnc(NN)nc1Nc1ccc(C(F)(F)F)cc1Cl. The molecule has 0 aliphatic carbocycles. The fourth-order valence-corrected chi connectivity index (χ4v) is 1.79. The molecule has 0 radical (unpaired) electrons. The Balaban J connectivity index is 2.32. The highest BCUT2D eigenvalue weighted by Gasteiger charge is 2.30. The predicted molar refractivity (Wildman–Crippen MR) is 74.3 cm³/mol. The van der Waals surface area contributed by atoms with E-state index in [0.29, 0.717) is 17.1 Å². The van der Waals surface area contributed by atoms with Gasteiger partial charge in [-0.2, -0.15) is 18.2 Å². The van der Waals surface area contributed by atoms with Crippen molar-refractivity contribution in [2.45, 2.75) is 13.1 Å². The Labute approximate surface area is 123 Å². The molecule has 21 heavy (non-hydrogen) atoms. The average molecular weight is 318 g/mol. The quantitative estimate of drug-likeness (QED) is 0.597. The van der Waals surface area contributed by atoms with Gasteiger partial charge in [-0.3, -0.25) is 5.43 Å². The fraction of sp³-hybridized carbons (Fsp3) is 0.167. The second-order valence-electron chi connectivity index (χ2n) is 4.19. The summed E-state index contributed by atoms with van der Waals surface area (Å²) >= 11 is 5.87. The van der Waals surface area contributed by atoms with Crippen LogP contribution < -0.4 is 16.6 Å². The molecule has 0 aliphatic heterocycles. The summed E-state index contributed by atoms with van der Waals surface area (Å²) in [5, 5.41) is 2.78. The molecule has 0 atom stereocenters. The van der Waals surface area contributed by atoms with Gasteiger partial charge >= 0.3 is 6.18 Å². The van der Waals surface area contributed by atoms with Crippen LogP contribution in [0, 0.1) is 6.92 Å². The van der Waals surface area contributed by atoms with E-state index in [-0.39, 0.29) is 11.0 Å². The Morgan fingerprint density at radius 1 is 1.29 bits per heavy atom. The van der Waals surface area contributed by atoms with Crippen LogP contribution in [0.3, 0.4) is 0 Å². The van der Waals surface area contributed by atoms with Crippen LogP contribution in [0.4, 0.5) is 30.6 Å². The summed E-state index contributed by atoms with van der Waals surface area (Å²) in [6.45, 7) is 1.74. The standard InChI is InChI=1S/C12H11ClF3N5/c1-6-5-18-11(21-17)20-10(6)19-9-3-2-7(4-8(9)13)12(14,15)16/h2-5H,17H2,1H3,(H2,18,19,20,21). The number of nitrogens with zero attached hydrogens (tertiary/aromatic N) is 2. The van der Waals surface area contributed by atoms with Crippen molar-refractivity contribution >= 4 is 29.1 Å². The van der Waals surface area contributed by atoms with Gasteiger partial charge in [-0.1, -0.05) is 11.6 Å². The maximum Gasteiger partial charge on any atom is 0.416 e. The molecule has 2 aromatic rings. The maximum atomic E-state index is 12.6. The summed E-state index contributed by atoms with van der Waals surface area (Å²) in [6.07, 6.45) is -2.92. The monoisotopic (exact) mass is 317 g/mol. The molecule has 112 valence electrons. The van der Waals surface area contributed by atoms with Gasteiger partial charge in [0.15, 0.2) is 0 Å². The number of aromatic nitrogens is 2. The number of nitrogens with two attached hydrogens (primary N) is 1. The van der Waals surface area contributed by atoms with Crippen LogP contribution in [0.15, 0.2) is 24.4 Å². The molecule has 0 fully saturated rings. The van der Waals surface area contributed by atoms with Crippen molar-refractivity contribution < 1.29 is 13.2 Å². The molecular formula is C12H11ClF3N5. The van der Waals surface area contributed by atoms with E-state index in [1.54, 1.807) is 6.92 Å². The van der Waals surface area contributed by atoms with Gasteiger partial charge in [0, 0.05) is 11.8 Å². The third kappa shape index (κ3) is 3.53. The van der Waals surface area contributed by atoms with E-state index in [4.69, 9.17) is 17.4 Å². The first-order valence-electron chi connectivity index (χ1n) is 5.75. The second-order valence-corrected chi connectivity index (χ2v) is 4.59. The highest BCUT2D eigenvalue weighted by molar-refractivity contribution is 6.33. The number of benzene rings is 1. The van der Waals surface area contributed by atoms with Crippen molar-refractivity contribution in [2.24, 2.45) is 5.84 Å². The van der Waals surface area contributed by atoms with Gasteiger partial charge in [0.05, 0.1) is 16.3 Å². The molecule has 4 N–H and O–H groups in total. The van der Waals surface area contributed by atoms with Crippen LogP contribution in [0.1, 0.15) is 11.1 Å². The number of aryl methyl sites for hydroxylation is 1. The first kappa shape index (κ1) is 15.3. The predicted octanol–water partition coefficient (Wildman–Crippen LogP) is 3.49. The average Bonchev–Trinajstić information content (AvgIpc) is 2.42. The van der Waals surface area contributed by atoms with Gasteiger partial charge in [0.25, 0.3) is 0 Å². The van der Waals surface area contributed by atoms with E-state index in [1.807, 2.05) is 0 Å². The smallest absolute Gasteiger partial charge is 0.339 e. The third-order valence-electron chi connectivity index (χ3n) is 2.65. The van der Waals surface area contributed by atoms with Crippen LogP contribution >= 0.6 is 11.6 Å². The molecule has 0 saturated heterocycles. The summed E-state index contributed by atoms with van der Waals surface area (Å²) in [6, 6.07) is 3.03. The Bertz CT molecular complexity index is 660. The van der Waals surface area contributed by atoms with Crippen molar-refractivity contribution in [2.75, 3.05) is 10.7 Å². The van der Waals surface area contributed by atoms with Crippen molar-refractivity contribution in [3.05, 3.63) is 40.5 Å². The summed E-state index contributed by atoms with van der Waals surface area (Å²) in [7, 11) is 0. The fourth-order valence-electron chi connectivity index (χ4n) is 1.56. The first-order valence-corrected chi connectivity index (χ1v) is 6.13. The van der Waals surface area contributed by atoms with Crippen LogP contribution in [0.2, 0.25) is 5.02 Å². The van der Waals surface area contributed by atoms with E-state index >= 15 is 0 Å². The lowest BCUT2D eigenvalue weighted by Crippen LogP contribution is -2.12. The van der Waals surface area contributed by atoms with E-state index in [0.717, 1.165) is 12.1 Å². The number of halogens is 4. The number of hydrogen-bond acceptors (Lipinski definition) is 5. The first-order chi connectivity index (χ1) is 9.81. The summed E-state index contributed by atoms with van der Waals surface area (Å²) < 4.78 is 37.7. The van der Waals surface area contributed by atoms with Gasteiger partial charge in [-0.05, 0) is 25.1 Å². The molecule has 0 unspecified atom stereocenters. The number of hydrogen-bond donors (Lipinski definition) is 3. The van der Waals surface area contributed by atoms with E-state index in [2.05, 4.69) is 20.7 Å². The molecule has 0 bridgehead atoms. The highest BCUT2D eigenvalue weighted by Crippen LogP contribution is 2.34. The number of alkyl halides is 3. The van der Waals surface area contributed by atoms with Crippen LogP contribution in [0.5, 0.6) is 0 Å². The topological polar surface area (TPSA) is 75.9 Å². The number of nitrogen functional groups attached to an aromatic ring is 1. The van der Waals surface area contributed by atoms with Crippen molar-refractivity contribution in [3.63, 3.8) is 0 Å². The zero-order chi connectivity index (χ0) is 15.6. The van der Waals surface area contributed by atoms with E-state index < -0.39 is 11.7 Å². The molecule has 9 heteroatoms. The third-order valence-corrected chi connectivity index (χ3v) is 2.96. The Morgan fingerprint density at radius 3 is 2.57 bits per heavy atom. The largest absolute Gasteiger partial charge is 0.416 e. The minimum Gasteiger partial charge on any atom is -0.339 e. The highest BCUT2D eigenvalue weighted by atomic mass is 35.5. The van der Waals surface area contributed by atoms with Crippen LogP contribution in [-0.4, -0.2) is 9.97 Å². The lowest BCUT2D eigenvalue weighted by Gasteiger charge is -2.13. The number of rotatable bonds is 3. The van der Waals surface area contributed by atoms with Gasteiger partial charge in [-0.25, -0.2) is 10.8 Å². The number of nitrogens with one attached hydrogen (secondary N) is 2. The van der Waals surface area contributed by atoms with E-state index in [9.17, 15) is 13.2 Å². The molecule has 1 aromatic heterocycles. The van der Waals surface area contributed by atoms with Gasteiger partial charge in [0.1, 0.15) is 5.82 Å². The zero-order valence-electron chi connectivity index (χ0n) is 10.8. The molecule has 0 aliphatic rings. The van der Waals surface area contributed by atoms with Crippen molar-refractivity contribution in [3.8, 4) is 0 Å². The summed E-state index contributed by atoms with van der Waals surface area (Å²) in [5.41, 5.74) is 2.45. The van der Waals surface area contributed by atoms with Crippen molar-refractivity contribution in [1.82, 2.24) is 9.97 Å². The number of anilines is 3. The Kier molecular flexibility index (Phi) is 4.19. The molecular weight excluding hydrogens is 307 g/mol. The minimum atomic E-state index is -4.44. The summed E-state index contributed by atoms with van der Waals surface area (Å²) in [4.78, 5) is 7.96. The van der Waals surface area contributed by atoms with Gasteiger partial charge in [-0.15, -0.1) is 0 Å². The molecule has 1 heterocycles. The molecule has 1 aromatic carbocycles. The normalized spacial score (nSPS) is 11.3. The lowest BCUT2D eigenvalue weighted by atomic mass is 10.2.